The number of rotatable bonds is 24. The van der Waals surface area contributed by atoms with Gasteiger partial charge in [0, 0.05) is 38.9 Å². The Balaban J connectivity index is 3.82. The zero-order valence-corrected chi connectivity index (χ0v) is 29.7. The van der Waals surface area contributed by atoms with Gasteiger partial charge in [0.2, 0.25) is 0 Å². The third-order valence-electron chi connectivity index (χ3n) is 8.52. The minimum atomic E-state index is 0.572. The van der Waals surface area contributed by atoms with Crippen LogP contribution >= 0.6 is 0 Å². The summed E-state index contributed by atoms with van der Waals surface area (Å²) in [7, 11) is 0. The van der Waals surface area contributed by atoms with Crippen LogP contribution in [0.4, 0.5) is 0 Å². The highest BCUT2D eigenvalue weighted by atomic mass is 14.9. The molecule has 0 heterocycles. The molecule has 0 amide bonds. The summed E-state index contributed by atoms with van der Waals surface area (Å²) in [5, 5.41) is 17.8. The lowest BCUT2D eigenvalue weighted by molar-refractivity contribution is 0.423. The van der Waals surface area contributed by atoms with Crippen molar-refractivity contribution in [1.82, 2.24) is 26.6 Å². The Morgan fingerprint density at radius 2 is 0.933 bits per heavy atom. The van der Waals surface area contributed by atoms with Crippen molar-refractivity contribution in [1.29, 1.82) is 0 Å². The van der Waals surface area contributed by atoms with E-state index in [0.717, 1.165) is 12.8 Å². The Labute approximate surface area is 276 Å². The van der Waals surface area contributed by atoms with Crippen molar-refractivity contribution in [2.75, 3.05) is 0 Å². The predicted molar refractivity (Wildman–Crippen MR) is 198 cm³/mol. The van der Waals surface area contributed by atoms with Gasteiger partial charge in [0.05, 0.1) is 6.54 Å². The van der Waals surface area contributed by atoms with Gasteiger partial charge < -0.3 is 26.6 Å². The van der Waals surface area contributed by atoms with Crippen LogP contribution in [0, 0.1) is 23.7 Å². The molecule has 1 aromatic carbocycles. The minimum Gasteiger partial charge on any atom is -0.387 e. The van der Waals surface area contributed by atoms with E-state index in [1.54, 1.807) is 18.5 Å². The van der Waals surface area contributed by atoms with Crippen LogP contribution in [0.3, 0.4) is 0 Å². The second kappa shape index (κ2) is 23.7. The fraction of sp³-hybridized carbons (Fsp3) is 0.513. The van der Waals surface area contributed by atoms with Crippen LogP contribution in [0.1, 0.15) is 102 Å². The number of hydrogen-bond donors (Lipinski definition) is 5. The standard InChI is InChI=1S/C39H64N6/c1-11-19-41-25-35-34(24-40-14-4)38(28-44-22-15-17-32(9)30(5)6)37(27-43-21-13-3)39(36(35)26-42-20-12-2)29-45-23-16-18-33(10)31(7)8/h11-16,19-23,30-33,40-42,44-45H,3-4,17-18,24-29H2,1-2,5-10H3/b19-11-,20-12-,22-15-,23-16-,43-21+. The Kier molecular flexibility index (Phi) is 20.7. The summed E-state index contributed by atoms with van der Waals surface area (Å²) in [5.41, 5.74) is 7.65. The lowest BCUT2D eigenvalue weighted by Gasteiger charge is -2.27. The monoisotopic (exact) mass is 617 g/mol. The first-order chi connectivity index (χ1) is 21.7. The van der Waals surface area contributed by atoms with Crippen LogP contribution in [-0.2, 0) is 39.3 Å². The number of hydrogen-bond acceptors (Lipinski definition) is 6. The van der Waals surface area contributed by atoms with E-state index in [-0.39, 0.29) is 0 Å². The summed E-state index contributed by atoms with van der Waals surface area (Å²) >= 11 is 0. The predicted octanol–water partition coefficient (Wildman–Crippen LogP) is 8.49. The summed E-state index contributed by atoms with van der Waals surface area (Å²) in [5.74, 6) is 2.61. The molecule has 5 N–H and O–H groups in total. The van der Waals surface area contributed by atoms with Crippen molar-refractivity contribution in [2.24, 2.45) is 28.7 Å². The van der Waals surface area contributed by atoms with Crippen LogP contribution in [0.25, 0.3) is 0 Å². The van der Waals surface area contributed by atoms with Crippen molar-refractivity contribution in [3.63, 3.8) is 0 Å². The minimum absolute atomic E-state index is 0.572. The van der Waals surface area contributed by atoms with Gasteiger partial charge >= 0.3 is 0 Å². The maximum absolute atomic E-state index is 4.78. The van der Waals surface area contributed by atoms with E-state index in [9.17, 15) is 0 Å². The fourth-order valence-electron chi connectivity index (χ4n) is 4.90. The second-order valence-corrected chi connectivity index (χ2v) is 12.4. The molecule has 2 unspecified atom stereocenters. The molecule has 0 aromatic heterocycles. The Bertz CT molecular complexity index is 1140. The second-order valence-electron chi connectivity index (χ2n) is 12.4. The highest BCUT2D eigenvalue weighted by Gasteiger charge is 2.23. The molecule has 250 valence electrons. The lowest BCUT2D eigenvalue weighted by Crippen LogP contribution is -2.25. The Hall–Kier alpha value is -3.67. The number of allylic oxidation sites excluding steroid dienone is 5. The molecule has 1 rings (SSSR count). The molecule has 0 spiro atoms. The van der Waals surface area contributed by atoms with E-state index in [1.807, 2.05) is 38.4 Å². The van der Waals surface area contributed by atoms with E-state index in [1.165, 1.54) is 33.4 Å². The summed E-state index contributed by atoms with van der Waals surface area (Å²) in [6.07, 6.45) is 24.3. The van der Waals surface area contributed by atoms with Gasteiger partial charge in [-0.3, -0.25) is 4.99 Å². The molecule has 6 heteroatoms. The van der Waals surface area contributed by atoms with Gasteiger partial charge in [-0.1, -0.05) is 85.1 Å². The highest BCUT2D eigenvalue weighted by Crippen LogP contribution is 2.31. The largest absolute Gasteiger partial charge is 0.387 e. The van der Waals surface area contributed by atoms with Crippen molar-refractivity contribution in [2.45, 2.75) is 108 Å². The number of aliphatic imine (C=N–C) groups is 1. The molecule has 6 nitrogen and oxygen atoms in total. The first kappa shape index (κ1) is 39.4. The van der Waals surface area contributed by atoms with Crippen LogP contribution in [0.5, 0.6) is 0 Å². The maximum Gasteiger partial charge on any atom is 0.0646 e. The summed E-state index contributed by atoms with van der Waals surface area (Å²) in [4.78, 5) is 4.78. The number of nitrogens with one attached hydrogen (secondary N) is 5. The highest BCUT2D eigenvalue weighted by molar-refractivity contribution is 5.70. The number of nitrogens with zero attached hydrogens (tertiary/aromatic N) is 1. The Morgan fingerprint density at radius 3 is 1.29 bits per heavy atom. The number of benzene rings is 1. The van der Waals surface area contributed by atoms with Crippen molar-refractivity contribution >= 4 is 6.21 Å². The third kappa shape index (κ3) is 14.8. The SMILES string of the molecule is C=C/C=N/Cc1c(CN/C=C\CC(C)C(C)C)c(CNC=C)c(CN/C=C\C)c(CN/C=C\C)c1CN/C=C\CC(C)C(C)C. The molecule has 0 fully saturated rings. The summed E-state index contributed by atoms with van der Waals surface area (Å²) < 4.78 is 0. The van der Waals surface area contributed by atoms with Crippen LogP contribution < -0.4 is 26.6 Å². The van der Waals surface area contributed by atoms with E-state index in [0.29, 0.717) is 62.9 Å². The van der Waals surface area contributed by atoms with Crippen LogP contribution in [0.2, 0.25) is 0 Å². The van der Waals surface area contributed by atoms with Crippen LogP contribution in [-0.4, -0.2) is 6.21 Å². The van der Waals surface area contributed by atoms with E-state index in [2.05, 4.69) is 106 Å². The molecule has 0 saturated carbocycles. The average Bonchev–Trinajstić information content (AvgIpc) is 3.01. The van der Waals surface area contributed by atoms with Crippen LogP contribution in [0.15, 0.2) is 79.5 Å². The van der Waals surface area contributed by atoms with Gasteiger partial charge in [-0.05, 0) is 115 Å². The maximum atomic E-state index is 4.78. The van der Waals surface area contributed by atoms with Crippen molar-refractivity contribution in [3.05, 3.63) is 108 Å². The Morgan fingerprint density at radius 1 is 0.556 bits per heavy atom. The zero-order chi connectivity index (χ0) is 33.5. The normalized spacial score (nSPS) is 13.6. The van der Waals surface area contributed by atoms with Crippen molar-refractivity contribution in [3.8, 4) is 0 Å². The molecule has 45 heavy (non-hydrogen) atoms. The van der Waals surface area contributed by atoms with E-state index < -0.39 is 0 Å². The molecule has 0 bridgehead atoms. The summed E-state index contributed by atoms with van der Waals surface area (Å²) in [6, 6.07) is 0. The first-order valence-electron chi connectivity index (χ1n) is 16.8. The molecular formula is C39H64N6. The van der Waals surface area contributed by atoms with E-state index in [4.69, 9.17) is 4.99 Å². The zero-order valence-electron chi connectivity index (χ0n) is 29.7. The molecule has 0 saturated heterocycles. The topological polar surface area (TPSA) is 72.5 Å². The van der Waals surface area contributed by atoms with Gasteiger partial charge in [-0.15, -0.1) is 0 Å². The van der Waals surface area contributed by atoms with Gasteiger partial charge in [0.15, 0.2) is 0 Å². The fourth-order valence-corrected chi connectivity index (χ4v) is 4.90. The molecular weight excluding hydrogens is 552 g/mol. The third-order valence-corrected chi connectivity index (χ3v) is 8.52. The van der Waals surface area contributed by atoms with Crippen molar-refractivity contribution < 1.29 is 0 Å². The molecule has 0 aliphatic rings. The average molecular weight is 617 g/mol. The lowest BCUT2D eigenvalue weighted by atomic mass is 9.85. The quantitative estimate of drug-likeness (QED) is 0.0754. The van der Waals surface area contributed by atoms with Gasteiger partial charge in [0.25, 0.3) is 0 Å². The molecule has 0 aliphatic carbocycles. The van der Waals surface area contributed by atoms with Gasteiger partial charge in [-0.25, -0.2) is 0 Å². The molecule has 1 aromatic rings. The first-order valence-corrected chi connectivity index (χ1v) is 16.8. The van der Waals surface area contributed by atoms with E-state index >= 15 is 0 Å². The molecule has 2 atom stereocenters. The van der Waals surface area contributed by atoms with Gasteiger partial charge in [0.1, 0.15) is 0 Å². The van der Waals surface area contributed by atoms with Gasteiger partial charge in [-0.2, -0.15) is 0 Å². The molecule has 0 aliphatic heterocycles. The smallest absolute Gasteiger partial charge is 0.0646 e. The summed E-state index contributed by atoms with van der Waals surface area (Å²) in [6.45, 7) is 29.7. The molecule has 0 radical (unpaired) electrons.